The number of aromatic nitrogens is 3. The van der Waals surface area contributed by atoms with Gasteiger partial charge in [-0.3, -0.25) is 0 Å². The summed E-state index contributed by atoms with van der Waals surface area (Å²) in [5.41, 5.74) is 2.63. The molecule has 0 aliphatic heterocycles. The molecule has 17 heavy (non-hydrogen) atoms. The standard InChI is InChI=1S/C11H10F3N3/c1-7-3-4-9(5-8(7)2)17-6-15-10(16-17)11(12,13)14/h3-6H,1-2H3. The van der Waals surface area contributed by atoms with Gasteiger partial charge in [-0.1, -0.05) is 6.07 Å². The van der Waals surface area contributed by atoms with Crippen LogP contribution >= 0.6 is 0 Å². The molecule has 0 atom stereocenters. The average Bonchev–Trinajstić information content (AvgIpc) is 2.70. The molecule has 0 saturated carbocycles. The predicted octanol–water partition coefficient (Wildman–Crippen LogP) is 2.90. The molecule has 0 bridgehead atoms. The molecular weight excluding hydrogens is 231 g/mol. The van der Waals surface area contributed by atoms with Crippen LogP contribution in [0.4, 0.5) is 13.2 Å². The third-order valence-electron chi connectivity index (χ3n) is 2.50. The minimum absolute atomic E-state index is 0.566. The zero-order valence-electron chi connectivity index (χ0n) is 9.28. The van der Waals surface area contributed by atoms with E-state index in [-0.39, 0.29) is 0 Å². The largest absolute Gasteiger partial charge is 0.453 e. The Hall–Kier alpha value is -1.85. The number of halogens is 3. The molecule has 0 saturated heterocycles. The maximum atomic E-state index is 12.3. The smallest absolute Gasteiger partial charge is 0.220 e. The van der Waals surface area contributed by atoms with E-state index in [1.165, 1.54) is 0 Å². The summed E-state index contributed by atoms with van der Waals surface area (Å²) >= 11 is 0. The van der Waals surface area contributed by atoms with Gasteiger partial charge in [-0.2, -0.15) is 13.2 Å². The first-order valence-corrected chi connectivity index (χ1v) is 4.94. The van der Waals surface area contributed by atoms with Crippen molar-refractivity contribution in [3.63, 3.8) is 0 Å². The molecule has 0 aliphatic rings. The molecule has 2 rings (SSSR count). The van der Waals surface area contributed by atoms with Gasteiger partial charge in [0.15, 0.2) is 0 Å². The van der Waals surface area contributed by atoms with E-state index in [4.69, 9.17) is 0 Å². The number of nitrogens with zero attached hydrogens (tertiary/aromatic N) is 3. The summed E-state index contributed by atoms with van der Waals surface area (Å²) in [4.78, 5) is 3.24. The van der Waals surface area contributed by atoms with Crippen LogP contribution in [0.5, 0.6) is 0 Å². The molecule has 0 spiro atoms. The fraction of sp³-hybridized carbons (Fsp3) is 0.273. The third-order valence-corrected chi connectivity index (χ3v) is 2.50. The molecule has 0 radical (unpaired) electrons. The van der Waals surface area contributed by atoms with E-state index in [1.54, 1.807) is 12.1 Å². The maximum Gasteiger partial charge on any atom is 0.453 e. The maximum absolute atomic E-state index is 12.3. The summed E-state index contributed by atoms with van der Waals surface area (Å²) in [5.74, 6) is -1.13. The zero-order chi connectivity index (χ0) is 12.6. The lowest BCUT2D eigenvalue weighted by Gasteiger charge is -2.04. The number of hydrogen-bond donors (Lipinski definition) is 0. The van der Waals surface area contributed by atoms with Crippen molar-refractivity contribution < 1.29 is 13.2 Å². The number of alkyl halides is 3. The van der Waals surface area contributed by atoms with Crippen LogP contribution in [0.2, 0.25) is 0 Å². The van der Waals surface area contributed by atoms with Gasteiger partial charge in [-0.15, -0.1) is 5.10 Å². The van der Waals surface area contributed by atoms with E-state index in [2.05, 4.69) is 10.1 Å². The van der Waals surface area contributed by atoms with Crippen LogP contribution in [0.15, 0.2) is 24.5 Å². The van der Waals surface area contributed by atoms with Crippen LogP contribution in [0, 0.1) is 13.8 Å². The molecule has 1 aromatic carbocycles. The Bertz CT molecular complexity index is 543. The minimum Gasteiger partial charge on any atom is -0.220 e. The molecule has 90 valence electrons. The highest BCUT2D eigenvalue weighted by molar-refractivity contribution is 5.38. The average molecular weight is 241 g/mol. The second-order valence-electron chi connectivity index (χ2n) is 3.78. The van der Waals surface area contributed by atoms with Crippen molar-refractivity contribution in [2.24, 2.45) is 0 Å². The van der Waals surface area contributed by atoms with Crippen LogP contribution in [0.3, 0.4) is 0 Å². The van der Waals surface area contributed by atoms with E-state index < -0.39 is 12.0 Å². The van der Waals surface area contributed by atoms with E-state index >= 15 is 0 Å². The minimum atomic E-state index is -4.51. The molecule has 6 heteroatoms. The molecule has 0 fully saturated rings. The molecule has 1 heterocycles. The van der Waals surface area contributed by atoms with Crippen LogP contribution < -0.4 is 0 Å². The summed E-state index contributed by atoms with van der Waals surface area (Å²) < 4.78 is 38.1. The molecule has 2 aromatic rings. The highest BCUT2D eigenvalue weighted by Crippen LogP contribution is 2.26. The molecule has 0 unspecified atom stereocenters. The molecule has 0 amide bonds. The first-order valence-electron chi connectivity index (χ1n) is 4.94. The second-order valence-corrected chi connectivity index (χ2v) is 3.78. The Balaban J connectivity index is 2.40. The lowest BCUT2D eigenvalue weighted by molar-refractivity contribution is -0.144. The fourth-order valence-electron chi connectivity index (χ4n) is 1.39. The van der Waals surface area contributed by atoms with Crippen molar-refractivity contribution in [2.45, 2.75) is 20.0 Å². The Kier molecular flexibility index (Phi) is 2.65. The molecule has 0 aliphatic carbocycles. The van der Waals surface area contributed by atoms with Crippen molar-refractivity contribution in [2.75, 3.05) is 0 Å². The Morgan fingerprint density at radius 1 is 1.12 bits per heavy atom. The normalized spacial score (nSPS) is 11.8. The van der Waals surface area contributed by atoms with Crippen LogP contribution in [-0.4, -0.2) is 14.8 Å². The van der Waals surface area contributed by atoms with Gasteiger partial charge in [0, 0.05) is 0 Å². The van der Waals surface area contributed by atoms with Crippen LogP contribution in [0.25, 0.3) is 5.69 Å². The van der Waals surface area contributed by atoms with Crippen molar-refractivity contribution in [1.82, 2.24) is 14.8 Å². The number of rotatable bonds is 1. The first kappa shape index (κ1) is 11.6. The van der Waals surface area contributed by atoms with Gasteiger partial charge in [0.25, 0.3) is 5.82 Å². The zero-order valence-corrected chi connectivity index (χ0v) is 9.28. The third kappa shape index (κ3) is 2.30. The molecule has 0 N–H and O–H groups in total. The lowest BCUT2D eigenvalue weighted by Crippen LogP contribution is -2.08. The lowest BCUT2D eigenvalue weighted by atomic mass is 10.1. The summed E-state index contributed by atoms with van der Waals surface area (Å²) in [6.45, 7) is 3.82. The van der Waals surface area contributed by atoms with Crippen molar-refractivity contribution >= 4 is 0 Å². The number of hydrogen-bond acceptors (Lipinski definition) is 2. The summed E-state index contributed by atoms with van der Waals surface area (Å²) in [6, 6.07) is 5.31. The van der Waals surface area contributed by atoms with Crippen LogP contribution in [-0.2, 0) is 6.18 Å². The van der Waals surface area contributed by atoms with Gasteiger partial charge in [0.2, 0.25) is 0 Å². The van der Waals surface area contributed by atoms with Gasteiger partial charge >= 0.3 is 6.18 Å². The van der Waals surface area contributed by atoms with Gasteiger partial charge in [0.1, 0.15) is 6.33 Å². The van der Waals surface area contributed by atoms with E-state index in [0.717, 1.165) is 22.1 Å². The Labute approximate surface area is 95.9 Å². The molecular formula is C11H10F3N3. The summed E-state index contributed by atoms with van der Waals surface area (Å²) in [5, 5.41) is 3.40. The monoisotopic (exact) mass is 241 g/mol. The topological polar surface area (TPSA) is 30.7 Å². The van der Waals surface area contributed by atoms with Crippen molar-refractivity contribution in [1.29, 1.82) is 0 Å². The SMILES string of the molecule is Cc1ccc(-n2cnc(C(F)(F)F)n2)cc1C. The second kappa shape index (κ2) is 3.87. The Morgan fingerprint density at radius 2 is 1.82 bits per heavy atom. The van der Waals surface area contributed by atoms with Crippen molar-refractivity contribution in [3.05, 3.63) is 41.5 Å². The fourth-order valence-corrected chi connectivity index (χ4v) is 1.39. The predicted molar refractivity (Wildman–Crippen MR) is 55.8 cm³/mol. The Morgan fingerprint density at radius 3 is 2.35 bits per heavy atom. The van der Waals surface area contributed by atoms with Gasteiger partial charge < -0.3 is 0 Å². The van der Waals surface area contributed by atoms with E-state index in [0.29, 0.717) is 5.69 Å². The summed E-state index contributed by atoms with van der Waals surface area (Å²) in [6.07, 6.45) is -3.45. The highest BCUT2D eigenvalue weighted by atomic mass is 19.4. The number of benzene rings is 1. The first-order chi connectivity index (χ1) is 7.88. The number of aryl methyl sites for hydroxylation is 2. The van der Waals surface area contributed by atoms with Gasteiger partial charge in [-0.05, 0) is 37.1 Å². The van der Waals surface area contributed by atoms with E-state index in [9.17, 15) is 13.2 Å². The molecule has 1 aromatic heterocycles. The van der Waals surface area contributed by atoms with Crippen molar-refractivity contribution in [3.8, 4) is 5.69 Å². The highest BCUT2D eigenvalue weighted by Gasteiger charge is 2.35. The summed E-state index contributed by atoms with van der Waals surface area (Å²) in [7, 11) is 0. The van der Waals surface area contributed by atoms with E-state index in [1.807, 2.05) is 19.9 Å². The van der Waals surface area contributed by atoms with Gasteiger partial charge in [0.05, 0.1) is 5.69 Å². The van der Waals surface area contributed by atoms with Gasteiger partial charge in [-0.25, -0.2) is 9.67 Å². The molecule has 3 nitrogen and oxygen atoms in total. The quantitative estimate of drug-likeness (QED) is 0.768. The van der Waals surface area contributed by atoms with Crippen LogP contribution in [0.1, 0.15) is 17.0 Å².